The minimum Gasteiger partial charge on any atom is -0.373 e. The fourth-order valence-corrected chi connectivity index (χ4v) is 3.24. The molecule has 0 aromatic rings. The minimum atomic E-state index is -0.544. The first-order chi connectivity index (χ1) is 6.20. The summed E-state index contributed by atoms with van der Waals surface area (Å²) in [5.41, 5.74) is 0. The largest absolute Gasteiger partial charge is 0.373 e. The summed E-state index contributed by atoms with van der Waals surface area (Å²) in [5, 5.41) is 9.83. The van der Waals surface area contributed by atoms with Gasteiger partial charge < -0.3 is 10.0 Å². The maximum atomic E-state index is 11.7. The highest BCUT2D eigenvalue weighted by Gasteiger charge is 2.57. The second-order valence-corrected chi connectivity index (χ2v) is 4.41. The van der Waals surface area contributed by atoms with Crippen LogP contribution in [0.1, 0.15) is 6.42 Å². The summed E-state index contributed by atoms with van der Waals surface area (Å²) in [4.78, 5) is 13.2. The molecule has 0 aromatic carbocycles. The number of likely N-dealkylation sites (tertiary alicyclic amines) is 1. The molecule has 0 aromatic heterocycles. The third-order valence-corrected chi connectivity index (χ3v) is 3.89. The molecule has 1 saturated carbocycles. The molecule has 1 heterocycles. The van der Waals surface area contributed by atoms with Crippen molar-refractivity contribution in [3.8, 4) is 0 Å². The molecule has 1 saturated heterocycles. The Labute approximate surface area is 77.0 Å². The van der Waals surface area contributed by atoms with Gasteiger partial charge in [-0.1, -0.05) is 12.2 Å². The molecule has 3 aliphatic rings. The lowest BCUT2D eigenvalue weighted by molar-refractivity contribution is -0.134. The predicted octanol–water partition coefficient (Wildman–Crippen LogP) is 0.215. The van der Waals surface area contributed by atoms with Crippen LogP contribution in [0.2, 0.25) is 0 Å². The molecule has 0 spiro atoms. The maximum absolute atomic E-state index is 11.7. The molecule has 2 bridgehead atoms. The van der Waals surface area contributed by atoms with E-state index in [9.17, 15) is 9.90 Å². The zero-order chi connectivity index (χ0) is 9.16. The first-order valence-corrected chi connectivity index (χ1v) is 4.83. The summed E-state index contributed by atoms with van der Waals surface area (Å²) in [6.45, 7) is 0. The molecule has 70 valence electrons. The van der Waals surface area contributed by atoms with Crippen molar-refractivity contribution < 1.29 is 9.90 Å². The molecule has 5 atom stereocenters. The Bertz CT molecular complexity index is 299. The summed E-state index contributed by atoms with van der Waals surface area (Å²) in [6, 6.07) is 0. The van der Waals surface area contributed by atoms with Crippen molar-refractivity contribution in [3.63, 3.8) is 0 Å². The number of fused-ring (bicyclic) bond motifs is 5. The minimum absolute atomic E-state index is 0.0787. The molecule has 3 rings (SSSR count). The van der Waals surface area contributed by atoms with E-state index in [1.807, 2.05) is 0 Å². The molecule has 3 nitrogen and oxygen atoms in total. The zero-order valence-corrected chi connectivity index (χ0v) is 7.55. The second kappa shape index (κ2) is 2.15. The lowest BCUT2D eigenvalue weighted by atomic mass is 9.85. The van der Waals surface area contributed by atoms with Crippen molar-refractivity contribution in [3.05, 3.63) is 12.2 Å². The third-order valence-electron chi connectivity index (χ3n) is 3.89. The van der Waals surface area contributed by atoms with E-state index in [0.29, 0.717) is 11.8 Å². The Morgan fingerprint density at radius 3 is 2.85 bits per heavy atom. The zero-order valence-electron chi connectivity index (χ0n) is 7.55. The van der Waals surface area contributed by atoms with Gasteiger partial charge in [-0.2, -0.15) is 0 Å². The fourth-order valence-electron chi connectivity index (χ4n) is 3.24. The van der Waals surface area contributed by atoms with E-state index in [1.165, 1.54) is 4.90 Å². The SMILES string of the molecule is CN1C(=O)C2C3C=CC(C3)C2C1O. The molecule has 0 radical (unpaired) electrons. The van der Waals surface area contributed by atoms with Gasteiger partial charge in [0.1, 0.15) is 6.23 Å². The van der Waals surface area contributed by atoms with Crippen LogP contribution in [0, 0.1) is 23.7 Å². The van der Waals surface area contributed by atoms with E-state index in [-0.39, 0.29) is 17.7 Å². The van der Waals surface area contributed by atoms with E-state index in [0.717, 1.165) is 6.42 Å². The normalized spacial score (nSPS) is 52.0. The predicted molar refractivity (Wildman–Crippen MR) is 46.5 cm³/mol. The van der Waals surface area contributed by atoms with Crippen molar-refractivity contribution in [2.75, 3.05) is 7.05 Å². The van der Waals surface area contributed by atoms with E-state index in [4.69, 9.17) is 0 Å². The van der Waals surface area contributed by atoms with Crippen LogP contribution in [-0.4, -0.2) is 29.2 Å². The van der Waals surface area contributed by atoms with Crippen LogP contribution in [0.25, 0.3) is 0 Å². The topological polar surface area (TPSA) is 40.5 Å². The highest BCUT2D eigenvalue weighted by atomic mass is 16.3. The summed E-state index contributed by atoms with van der Waals surface area (Å²) < 4.78 is 0. The monoisotopic (exact) mass is 179 g/mol. The third kappa shape index (κ3) is 0.718. The van der Waals surface area contributed by atoms with Gasteiger partial charge in [0.05, 0.1) is 5.92 Å². The summed E-state index contributed by atoms with van der Waals surface area (Å²) >= 11 is 0. The quantitative estimate of drug-likeness (QED) is 0.540. The molecule has 2 fully saturated rings. The van der Waals surface area contributed by atoms with E-state index in [2.05, 4.69) is 12.2 Å². The molecule has 1 aliphatic heterocycles. The summed E-state index contributed by atoms with van der Waals surface area (Å²) in [6.07, 6.45) is 4.85. The number of hydrogen-bond donors (Lipinski definition) is 1. The Kier molecular flexibility index (Phi) is 1.25. The molecule has 2 aliphatic carbocycles. The second-order valence-electron chi connectivity index (χ2n) is 4.41. The van der Waals surface area contributed by atoms with E-state index >= 15 is 0 Å². The van der Waals surface area contributed by atoms with Gasteiger partial charge in [-0.25, -0.2) is 0 Å². The standard InChI is InChI=1S/C10H13NO2/c1-11-9(12)7-5-2-3-6(4-5)8(7)10(11)13/h2-3,5-9,12H,4H2,1H3. The Balaban J connectivity index is 2.03. The average molecular weight is 179 g/mol. The highest BCUT2D eigenvalue weighted by Crippen LogP contribution is 2.53. The van der Waals surface area contributed by atoms with Gasteiger partial charge in [-0.3, -0.25) is 4.79 Å². The molecular formula is C10H13NO2. The van der Waals surface area contributed by atoms with Crippen LogP contribution >= 0.6 is 0 Å². The van der Waals surface area contributed by atoms with Crippen molar-refractivity contribution >= 4 is 5.91 Å². The number of hydrogen-bond acceptors (Lipinski definition) is 2. The van der Waals surface area contributed by atoms with Crippen LogP contribution in [0.4, 0.5) is 0 Å². The lowest BCUT2D eigenvalue weighted by Gasteiger charge is -2.21. The van der Waals surface area contributed by atoms with E-state index in [1.54, 1.807) is 7.05 Å². The Hall–Kier alpha value is -0.830. The average Bonchev–Trinajstić information content (AvgIpc) is 2.76. The van der Waals surface area contributed by atoms with Crippen LogP contribution < -0.4 is 0 Å². The van der Waals surface area contributed by atoms with Crippen molar-refractivity contribution in [2.24, 2.45) is 23.7 Å². The van der Waals surface area contributed by atoms with Gasteiger partial charge in [0.25, 0.3) is 0 Å². The number of aliphatic hydroxyl groups is 1. The molecule has 13 heavy (non-hydrogen) atoms. The van der Waals surface area contributed by atoms with Crippen LogP contribution in [-0.2, 0) is 4.79 Å². The first kappa shape index (κ1) is 7.56. The van der Waals surface area contributed by atoms with Gasteiger partial charge in [0.2, 0.25) is 5.91 Å². The molecular weight excluding hydrogens is 166 g/mol. The number of rotatable bonds is 0. The van der Waals surface area contributed by atoms with Gasteiger partial charge in [0, 0.05) is 13.0 Å². The Morgan fingerprint density at radius 1 is 1.46 bits per heavy atom. The Morgan fingerprint density at radius 2 is 2.15 bits per heavy atom. The van der Waals surface area contributed by atoms with Crippen LogP contribution in [0.3, 0.4) is 0 Å². The van der Waals surface area contributed by atoms with Gasteiger partial charge in [0.15, 0.2) is 0 Å². The number of carbonyl (C=O) groups excluding carboxylic acids is 1. The number of amides is 1. The van der Waals surface area contributed by atoms with E-state index < -0.39 is 6.23 Å². The van der Waals surface area contributed by atoms with Crippen LogP contribution in [0.5, 0.6) is 0 Å². The highest BCUT2D eigenvalue weighted by molar-refractivity contribution is 5.83. The molecule has 5 unspecified atom stereocenters. The van der Waals surface area contributed by atoms with Gasteiger partial charge >= 0.3 is 0 Å². The van der Waals surface area contributed by atoms with Crippen molar-refractivity contribution in [1.29, 1.82) is 0 Å². The smallest absolute Gasteiger partial charge is 0.228 e. The molecule has 3 heteroatoms. The lowest BCUT2D eigenvalue weighted by Crippen LogP contribution is -2.33. The molecule has 1 amide bonds. The van der Waals surface area contributed by atoms with Crippen LogP contribution in [0.15, 0.2) is 12.2 Å². The van der Waals surface area contributed by atoms with Gasteiger partial charge in [-0.05, 0) is 18.3 Å². The van der Waals surface area contributed by atoms with Crippen molar-refractivity contribution in [1.82, 2.24) is 4.90 Å². The summed E-state index contributed by atoms with van der Waals surface area (Å²) in [5.74, 6) is 1.23. The van der Waals surface area contributed by atoms with Gasteiger partial charge in [-0.15, -0.1) is 0 Å². The number of allylic oxidation sites excluding steroid dienone is 2. The number of aliphatic hydroxyl groups excluding tert-OH is 1. The first-order valence-electron chi connectivity index (χ1n) is 4.83. The fraction of sp³-hybridized carbons (Fsp3) is 0.700. The molecule has 1 N–H and O–H groups in total. The number of nitrogens with zero attached hydrogens (tertiary/aromatic N) is 1. The number of carbonyl (C=O) groups is 1. The maximum Gasteiger partial charge on any atom is 0.228 e. The summed E-state index contributed by atoms with van der Waals surface area (Å²) in [7, 11) is 1.70. The van der Waals surface area contributed by atoms with Crippen molar-refractivity contribution in [2.45, 2.75) is 12.6 Å².